The smallest absolute Gasteiger partial charge is 0.252 e. The molecule has 116 valence electrons. The summed E-state index contributed by atoms with van der Waals surface area (Å²) in [6.07, 6.45) is 6.84. The standard InChI is InChI=1S/C16H22N2O2.ClH/c17-14-8-3-9-15-13(14)7-4-10-18(15)16(19)11-20-12-5-1-2-6-12;/h3,8-9,12H,1-2,4-7,10-11,17H2;1H. The molecule has 1 amide bonds. The Bertz CT molecular complexity index is 501. The van der Waals surface area contributed by atoms with Gasteiger partial charge >= 0.3 is 0 Å². The molecule has 3 rings (SSSR count). The summed E-state index contributed by atoms with van der Waals surface area (Å²) < 4.78 is 5.74. The maximum Gasteiger partial charge on any atom is 0.252 e. The van der Waals surface area contributed by atoms with Crippen LogP contribution in [0.5, 0.6) is 0 Å². The number of hydrogen-bond donors (Lipinski definition) is 1. The fourth-order valence-corrected chi connectivity index (χ4v) is 3.23. The third-order valence-electron chi connectivity index (χ3n) is 4.33. The summed E-state index contributed by atoms with van der Waals surface area (Å²) in [5.41, 5.74) is 8.87. The number of ether oxygens (including phenoxy) is 1. The van der Waals surface area contributed by atoms with Crippen LogP contribution in [0.4, 0.5) is 11.4 Å². The minimum absolute atomic E-state index is 0. The highest BCUT2D eigenvalue weighted by Gasteiger charge is 2.25. The number of nitrogens with two attached hydrogens (primary N) is 1. The molecule has 4 nitrogen and oxygen atoms in total. The molecule has 1 aromatic rings. The summed E-state index contributed by atoms with van der Waals surface area (Å²) in [6.45, 7) is 0.961. The molecule has 2 aliphatic rings. The van der Waals surface area contributed by atoms with Crippen molar-refractivity contribution < 1.29 is 9.53 Å². The van der Waals surface area contributed by atoms with Crippen molar-refractivity contribution in [2.24, 2.45) is 0 Å². The van der Waals surface area contributed by atoms with Crippen LogP contribution in [0.3, 0.4) is 0 Å². The van der Waals surface area contributed by atoms with E-state index in [-0.39, 0.29) is 31.0 Å². The molecule has 5 heteroatoms. The maximum absolute atomic E-state index is 12.4. The van der Waals surface area contributed by atoms with Crippen LogP contribution in [0, 0.1) is 0 Å². The summed E-state index contributed by atoms with van der Waals surface area (Å²) in [6, 6.07) is 5.80. The van der Waals surface area contributed by atoms with E-state index in [1.165, 1.54) is 12.8 Å². The zero-order chi connectivity index (χ0) is 13.9. The van der Waals surface area contributed by atoms with Gasteiger partial charge < -0.3 is 15.4 Å². The highest BCUT2D eigenvalue weighted by Crippen LogP contribution is 2.31. The first-order valence-electron chi connectivity index (χ1n) is 7.55. The number of benzene rings is 1. The molecular formula is C16H23ClN2O2. The highest BCUT2D eigenvalue weighted by atomic mass is 35.5. The van der Waals surface area contributed by atoms with Gasteiger partial charge in [-0.1, -0.05) is 18.9 Å². The van der Waals surface area contributed by atoms with Crippen molar-refractivity contribution in [2.75, 3.05) is 23.8 Å². The van der Waals surface area contributed by atoms with Crippen molar-refractivity contribution in [2.45, 2.75) is 44.6 Å². The lowest BCUT2D eigenvalue weighted by molar-refractivity contribution is -0.125. The van der Waals surface area contributed by atoms with E-state index in [2.05, 4.69) is 0 Å². The van der Waals surface area contributed by atoms with E-state index in [0.717, 1.165) is 49.2 Å². The molecule has 1 fully saturated rings. The second-order valence-corrected chi connectivity index (χ2v) is 5.71. The maximum atomic E-state index is 12.4. The van der Waals surface area contributed by atoms with Gasteiger partial charge in [-0.05, 0) is 43.4 Å². The molecule has 0 saturated heterocycles. The van der Waals surface area contributed by atoms with E-state index in [0.29, 0.717) is 0 Å². The first-order valence-corrected chi connectivity index (χ1v) is 7.55. The minimum atomic E-state index is 0. The number of carbonyl (C=O) groups excluding carboxylic acids is 1. The third kappa shape index (κ3) is 3.50. The Kier molecular flexibility index (Phi) is 5.48. The average Bonchev–Trinajstić information content (AvgIpc) is 2.98. The molecule has 0 atom stereocenters. The van der Waals surface area contributed by atoms with Crippen molar-refractivity contribution >= 4 is 29.7 Å². The Hall–Kier alpha value is -1.26. The number of rotatable bonds is 3. The molecule has 0 aromatic heterocycles. The van der Waals surface area contributed by atoms with Gasteiger partial charge in [0.05, 0.1) is 6.10 Å². The molecule has 0 radical (unpaired) electrons. The Morgan fingerprint density at radius 1 is 1.29 bits per heavy atom. The van der Waals surface area contributed by atoms with Gasteiger partial charge in [0.1, 0.15) is 6.61 Å². The van der Waals surface area contributed by atoms with Gasteiger partial charge in [0, 0.05) is 17.9 Å². The molecule has 0 bridgehead atoms. The number of amides is 1. The predicted octanol–water partition coefficient (Wildman–Crippen LogP) is 2.93. The van der Waals surface area contributed by atoms with Crippen LogP contribution in [0.15, 0.2) is 18.2 Å². The molecule has 1 aliphatic heterocycles. The summed E-state index contributed by atoms with van der Waals surface area (Å²) >= 11 is 0. The second kappa shape index (κ2) is 7.14. The number of halogens is 1. The lowest BCUT2D eigenvalue weighted by Crippen LogP contribution is -2.38. The topological polar surface area (TPSA) is 55.6 Å². The van der Waals surface area contributed by atoms with Gasteiger partial charge in [-0.2, -0.15) is 0 Å². The Balaban J connectivity index is 0.00000161. The van der Waals surface area contributed by atoms with Crippen LogP contribution in [0.2, 0.25) is 0 Å². The first-order chi connectivity index (χ1) is 9.75. The highest BCUT2D eigenvalue weighted by molar-refractivity contribution is 5.96. The van der Waals surface area contributed by atoms with Crippen molar-refractivity contribution in [3.05, 3.63) is 23.8 Å². The van der Waals surface area contributed by atoms with E-state index in [9.17, 15) is 4.79 Å². The van der Waals surface area contributed by atoms with E-state index < -0.39 is 0 Å². The van der Waals surface area contributed by atoms with Crippen LogP contribution in [0.25, 0.3) is 0 Å². The number of fused-ring (bicyclic) bond motifs is 1. The summed E-state index contributed by atoms with van der Waals surface area (Å²) in [7, 11) is 0. The van der Waals surface area contributed by atoms with Crippen LogP contribution < -0.4 is 10.6 Å². The van der Waals surface area contributed by atoms with Crippen molar-refractivity contribution in [1.82, 2.24) is 0 Å². The van der Waals surface area contributed by atoms with E-state index >= 15 is 0 Å². The molecule has 1 aromatic carbocycles. The molecule has 0 spiro atoms. The van der Waals surface area contributed by atoms with Gasteiger partial charge in [0.25, 0.3) is 5.91 Å². The molecular weight excluding hydrogens is 288 g/mol. The normalized spacial score (nSPS) is 18.2. The number of nitrogens with zero attached hydrogens (tertiary/aromatic N) is 1. The largest absolute Gasteiger partial charge is 0.398 e. The third-order valence-corrected chi connectivity index (χ3v) is 4.33. The van der Waals surface area contributed by atoms with E-state index in [1.54, 1.807) is 0 Å². The van der Waals surface area contributed by atoms with Crippen LogP contribution in [-0.4, -0.2) is 25.2 Å². The number of nitrogen functional groups attached to an aromatic ring is 1. The zero-order valence-electron chi connectivity index (χ0n) is 12.2. The van der Waals surface area contributed by atoms with Gasteiger partial charge in [0.2, 0.25) is 0 Å². The summed E-state index contributed by atoms with van der Waals surface area (Å²) in [5, 5.41) is 0. The summed E-state index contributed by atoms with van der Waals surface area (Å²) in [5.74, 6) is 0.0587. The van der Waals surface area contributed by atoms with Crippen molar-refractivity contribution in [1.29, 1.82) is 0 Å². The average molecular weight is 311 g/mol. The quantitative estimate of drug-likeness (QED) is 0.873. The predicted molar refractivity (Wildman–Crippen MR) is 87.0 cm³/mol. The van der Waals surface area contributed by atoms with Gasteiger partial charge in [-0.25, -0.2) is 0 Å². The number of anilines is 2. The molecule has 1 saturated carbocycles. The molecule has 1 heterocycles. The monoisotopic (exact) mass is 310 g/mol. The summed E-state index contributed by atoms with van der Waals surface area (Å²) in [4.78, 5) is 14.2. The minimum Gasteiger partial charge on any atom is -0.398 e. The van der Waals surface area contributed by atoms with E-state index in [4.69, 9.17) is 10.5 Å². The Labute approximate surface area is 132 Å². The lowest BCUT2D eigenvalue weighted by Gasteiger charge is -2.30. The molecule has 1 aliphatic carbocycles. The van der Waals surface area contributed by atoms with E-state index in [1.807, 2.05) is 23.1 Å². The zero-order valence-corrected chi connectivity index (χ0v) is 13.0. The number of carbonyl (C=O) groups is 1. The Morgan fingerprint density at radius 3 is 2.81 bits per heavy atom. The van der Waals surface area contributed by atoms with Crippen molar-refractivity contribution in [3.8, 4) is 0 Å². The van der Waals surface area contributed by atoms with Gasteiger partial charge in [-0.3, -0.25) is 4.79 Å². The Morgan fingerprint density at radius 2 is 2.05 bits per heavy atom. The van der Waals surface area contributed by atoms with Crippen molar-refractivity contribution in [3.63, 3.8) is 0 Å². The molecule has 21 heavy (non-hydrogen) atoms. The SMILES string of the molecule is Cl.Nc1cccc2c1CCCN2C(=O)COC1CCCC1. The lowest BCUT2D eigenvalue weighted by atomic mass is 10.00. The fourth-order valence-electron chi connectivity index (χ4n) is 3.23. The van der Waals surface area contributed by atoms with Crippen LogP contribution in [-0.2, 0) is 16.0 Å². The molecule has 0 unspecified atom stereocenters. The molecule has 2 N–H and O–H groups in total. The fraction of sp³-hybridized carbons (Fsp3) is 0.562. The van der Waals surface area contributed by atoms with Crippen LogP contribution >= 0.6 is 12.4 Å². The number of hydrogen-bond acceptors (Lipinski definition) is 3. The van der Waals surface area contributed by atoms with Gasteiger partial charge in [-0.15, -0.1) is 12.4 Å². The van der Waals surface area contributed by atoms with Gasteiger partial charge in [0.15, 0.2) is 0 Å². The van der Waals surface area contributed by atoms with Crippen LogP contribution in [0.1, 0.15) is 37.7 Å². The second-order valence-electron chi connectivity index (χ2n) is 5.71. The first kappa shape index (κ1) is 16.1.